The Balaban J connectivity index is 1.21. The molecule has 2 aliphatic rings. The van der Waals surface area contributed by atoms with Gasteiger partial charge in [-0.15, -0.1) is 0 Å². The van der Waals surface area contributed by atoms with Crippen molar-refractivity contribution in [1.82, 2.24) is 24.4 Å². The van der Waals surface area contributed by atoms with Gasteiger partial charge in [-0.2, -0.15) is 0 Å². The Bertz CT molecular complexity index is 2240. The number of halogens is 1. The molecule has 0 radical (unpaired) electrons. The molecule has 11 nitrogen and oxygen atoms in total. The molecule has 13 heteroatoms. The highest BCUT2D eigenvalue weighted by Gasteiger charge is 2.37. The predicted molar refractivity (Wildman–Crippen MR) is 222 cm³/mol. The number of pyridine rings is 4. The molecule has 0 spiro atoms. The molecule has 6 heterocycles. The van der Waals surface area contributed by atoms with Gasteiger partial charge in [0.25, 0.3) is 0 Å². The smallest absolute Gasteiger partial charge is 0.213 e. The van der Waals surface area contributed by atoms with E-state index in [0.717, 1.165) is 42.7 Å². The molecule has 1 aromatic carbocycles. The fourth-order valence-electron chi connectivity index (χ4n) is 7.49. The van der Waals surface area contributed by atoms with Crippen molar-refractivity contribution in [2.75, 3.05) is 44.0 Å². The van der Waals surface area contributed by atoms with Crippen LogP contribution in [0.2, 0.25) is 18.1 Å². The number of nitrogen functional groups attached to an aromatic ring is 1. The van der Waals surface area contributed by atoms with Crippen molar-refractivity contribution in [3.63, 3.8) is 0 Å². The van der Waals surface area contributed by atoms with E-state index in [0.29, 0.717) is 72.3 Å². The van der Waals surface area contributed by atoms with Crippen molar-refractivity contribution in [1.29, 1.82) is 0 Å². The van der Waals surface area contributed by atoms with Crippen LogP contribution in [0.5, 0.6) is 11.6 Å². The van der Waals surface area contributed by atoms with Crippen LogP contribution in [-0.2, 0) is 23.9 Å². The third kappa shape index (κ3) is 8.16. The molecule has 1 saturated heterocycles. The topological polar surface area (TPSA) is 121 Å². The highest BCUT2D eigenvalue weighted by Crippen LogP contribution is 2.42. The summed E-state index contributed by atoms with van der Waals surface area (Å²) in [6, 6.07) is 12.9. The molecule has 1 fully saturated rings. The fourth-order valence-corrected chi connectivity index (χ4v) is 8.54. The maximum atomic E-state index is 16.4. The van der Waals surface area contributed by atoms with Crippen molar-refractivity contribution in [2.45, 2.75) is 90.3 Å². The molecule has 5 aromatic rings. The normalized spacial score (nSPS) is 17.3. The lowest BCUT2D eigenvalue weighted by Gasteiger charge is -2.40. The summed E-state index contributed by atoms with van der Waals surface area (Å²) in [5.41, 5.74) is 10.6. The molecule has 2 N–H and O–H groups in total. The van der Waals surface area contributed by atoms with E-state index in [1.165, 1.54) is 6.07 Å². The van der Waals surface area contributed by atoms with Crippen molar-refractivity contribution < 1.29 is 18.3 Å². The number of nitrogens with zero attached hydrogens (tertiary/aromatic N) is 6. The van der Waals surface area contributed by atoms with Crippen LogP contribution in [-0.4, -0.2) is 72.2 Å². The summed E-state index contributed by atoms with van der Waals surface area (Å²) in [6.45, 7) is 16.7. The molecule has 2 atom stereocenters. The van der Waals surface area contributed by atoms with E-state index < -0.39 is 14.1 Å². The minimum Gasteiger partial charge on any atom is -0.488 e. The largest absolute Gasteiger partial charge is 0.488 e. The number of hydrogen-bond acceptors (Lipinski definition) is 10. The summed E-state index contributed by atoms with van der Waals surface area (Å²) < 4.78 is 36.5. The van der Waals surface area contributed by atoms with Crippen LogP contribution in [0.15, 0.2) is 72.0 Å². The number of nitrogens with two attached hydrogens (primary N) is 1. The molecule has 0 unspecified atom stereocenters. The van der Waals surface area contributed by atoms with Crippen molar-refractivity contribution in [3.8, 4) is 22.9 Å². The average Bonchev–Trinajstić information content (AvgIpc) is 3.17. The van der Waals surface area contributed by atoms with Crippen LogP contribution in [0, 0.1) is 5.82 Å². The zero-order chi connectivity index (χ0) is 39.8. The van der Waals surface area contributed by atoms with E-state index in [2.05, 4.69) is 65.1 Å². The lowest BCUT2D eigenvalue weighted by atomic mass is 9.99. The number of benzene rings is 1. The van der Waals surface area contributed by atoms with Crippen LogP contribution in [0.3, 0.4) is 0 Å². The molecule has 0 bridgehead atoms. The number of anilines is 2. The summed E-state index contributed by atoms with van der Waals surface area (Å²) in [6.07, 6.45) is 9.93. The first-order valence-corrected chi connectivity index (χ1v) is 22.4. The molecule has 0 saturated carbocycles. The van der Waals surface area contributed by atoms with Crippen LogP contribution < -0.4 is 25.5 Å². The van der Waals surface area contributed by atoms with E-state index in [9.17, 15) is 4.79 Å². The summed E-state index contributed by atoms with van der Waals surface area (Å²) in [5.74, 6) is 0.827. The van der Waals surface area contributed by atoms with Gasteiger partial charge in [0.05, 0.1) is 47.2 Å². The predicted octanol–water partition coefficient (Wildman–Crippen LogP) is 7.77. The second kappa shape index (κ2) is 15.9. The molecule has 56 heavy (non-hydrogen) atoms. The van der Waals surface area contributed by atoms with Gasteiger partial charge in [0, 0.05) is 69.0 Å². The molecule has 296 valence electrons. The minimum absolute atomic E-state index is 0.0833. The second-order valence-corrected chi connectivity index (χ2v) is 21.5. The first-order valence-electron chi connectivity index (χ1n) is 19.5. The Morgan fingerprint density at radius 2 is 1.88 bits per heavy atom. The van der Waals surface area contributed by atoms with Gasteiger partial charge in [-0.25, -0.2) is 14.4 Å². The summed E-state index contributed by atoms with van der Waals surface area (Å²) in [5, 5.41) is 0.430. The van der Waals surface area contributed by atoms with E-state index in [4.69, 9.17) is 24.6 Å². The van der Waals surface area contributed by atoms with Gasteiger partial charge in [0.15, 0.2) is 19.5 Å². The van der Waals surface area contributed by atoms with Gasteiger partial charge in [-0.1, -0.05) is 26.8 Å². The monoisotopic (exact) mass is 779 g/mol. The highest BCUT2D eigenvalue weighted by atomic mass is 28.4. The SMILES string of the molecule is COc1cc(CN(Cc2cn3c4c(c(-c5ccc(CCO[Si](C)(C)C(C)(C)C)cn5)c(F)cc4c2=O)OC[C@@H]3C)[C@H]2CCCN(c3ccc(N)nc3)C2)ccn1. The second-order valence-electron chi connectivity index (χ2n) is 16.7. The number of ether oxygens (including phenoxy) is 2. The Kier molecular flexibility index (Phi) is 11.2. The van der Waals surface area contributed by atoms with Gasteiger partial charge in [0.1, 0.15) is 18.2 Å². The maximum Gasteiger partial charge on any atom is 0.213 e. The molecule has 2 aliphatic heterocycles. The number of aromatic nitrogens is 4. The van der Waals surface area contributed by atoms with Gasteiger partial charge >= 0.3 is 0 Å². The Morgan fingerprint density at radius 1 is 1.05 bits per heavy atom. The van der Waals surface area contributed by atoms with Gasteiger partial charge in [0.2, 0.25) is 5.88 Å². The van der Waals surface area contributed by atoms with Gasteiger partial charge in [-0.05, 0) is 85.8 Å². The van der Waals surface area contributed by atoms with Gasteiger partial charge < -0.3 is 29.1 Å². The van der Waals surface area contributed by atoms with E-state index in [1.807, 2.05) is 48.8 Å². The molecule has 0 amide bonds. The van der Waals surface area contributed by atoms with Crippen molar-refractivity contribution in [2.24, 2.45) is 0 Å². The Labute approximate surface area is 329 Å². The zero-order valence-electron chi connectivity index (χ0n) is 33.6. The lowest BCUT2D eigenvalue weighted by Crippen LogP contribution is -2.48. The van der Waals surface area contributed by atoms with E-state index >= 15 is 4.39 Å². The quantitative estimate of drug-likeness (QED) is 0.126. The fraction of sp³-hybridized carbons (Fsp3) is 0.442. The standard InChI is InChI=1S/C43H54FN7O4Si/c1-28-27-54-42-39(36-12-10-29(21-47-36)15-18-55-56(6,7)43(2,3)4)35(44)20-34-40(42)51(28)25-31(41(34)52)24-50(23-30-14-16-46-38(19-30)53-5)33-9-8-17-49(26-33)32-11-13-37(45)48-22-32/h10-14,16,19-22,25,28,33H,8-9,15,17-18,23-24,26-27H2,1-7H3,(H2,45,48)/t28-,33-/m0/s1. The Hall–Kier alpha value is -4.85. The summed E-state index contributed by atoms with van der Waals surface area (Å²) in [4.78, 5) is 32.5. The Morgan fingerprint density at radius 3 is 2.59 bits per heavy atom. The first-order chi connectivity index (χ1) is 26.7. The zero-order valence-corrected chi connectivity index (χ0v) is 34.6. The number of rotatable bonds is 12. The molecular weight excluding hydrogens is 726 g/mol. The minimum atomic E-state index is -1.87. The van der Waals surface area contributed by atoms with Gasteiger partial charge in [-0.3, -0.25) is 14.7 Å². The van der Waals surface area contributed by atoms with Crippen LogP contribution in [0.1, 0.15) is 63.3 Å². The lowest BCUT2D eigenvalue weighted by molar-refractivity contribution is 0.157. The van der Waals surface area contributed by atoms with Crippen molar-refractivity contribution >= 4 is 30.7 Å². The average molecular weight is 780 g/mol. The molecular formula is C43H54FN7O4Si. The highest BCUT2D eigenvalue weighted by molar-refractivity contribution is 6.74. The molecule has 4 aromatic heterocycles. The van der Waals surface area contributed by atoms with Crippen LogP contribution >= 0.6 is 0 Å². The number of methoxy groups -OCH3 is 1. The van der Waals surface area contributed by atoms with E-state index in [1.54, 1.807) is 19.5 Å². The van der Waals surface area contributed by atoms with Crippen LogP contribution in [0.4, 0.5) is 15.9 Å². The molecule has 0 aliphatic carbocycles. The molecule has 7 rings (SSSR count). The number of piperidine rings is 1. The first kappa shape index (κ1) is 39.4. The van der Waals surface area contributed by atoms with Crippen molar-refractivity contribution in [3.05, 3.63) is 100.0 Å². The summed E-state index contributed by atoms with van der Waals surface area (Å²) >= 11 is 0. The maximum absolute atomic E-state index is 16.4. The third-order valence-corrected chi connectivity index (χ3v) is 16.3. The number of hydrogen-bond donors (Lipinski definition) is 1. The summed E-state index contributed by atoms with van der Waals surface area (Å²) in [7, 11) is -0.266. The van der Waals surface area contributed by atoms with Crippen LogP contribution in [0.25, 0.3) is 22.2 Å². The third-order valence-electron chi connectivity index (χ3n) is 11.8. The van der Waals surface area contributed by atoms with E-state index in [-0.39, 0.29) is 28.1 Å².